The van der Waals surface area contributed by atoms with Gasteiger partial charge in [0.1, 0.15) is 0 Å². The summed E-state index contributed by atoms with van der Waals surface area (Å²) >= 11 is 0. The predicted octanol–water partition coefficient (Wildman–Crippen LogP) is 0.799. The lowest BCUT2D eigenvalue weighted by molar-refractivity contribution is 0.598. The number of sulfonamides is 1. The van der Waals surface area contributed by atoms with E-state index >= 15 is 0 Å². The first-order valence-electron chi connectivity index (χ1n) is 7.13. The van der Waals surface area contributed by atoms with Crippen LogP contribution < -0.4 is 15.8 Å². The summed E-state index contributed by atoms with van der Waals surface area (Å²) < 4.78 is 22.4. The molecule has 0 bridgehead atoms. The maximum atomic E-state index is 11.2. The van der Waals surface area contributed by atoms with Crippen molar-refractivity contribution in [2.24, 2.45) is 16.0 Å². The Labute approximate surface area is 125 Å². The normalized spacial score (nSPS) is 15.8. The first kappa shape index (κ1) is 15.8. The SMILES string of the molecule is CCNC(=NCc1ccc(S(N)(=O)=O)cc1)NCC1CC1. The molecule has 6 nitrogen and oxygen atoms in total. The zero-order chi connectivity index (χ0) is 15.3. The van der Waals surface area contributed by atoms with Crippen molar-refractivity contribution in [2.75, 3.05) is 13.1 Å². The van der Waals surface area contributed by atoms with E-state index in [0.717, 1.165) is 30.5 Å². The summed E-state index contributed by atoms with van der Waals surface area (Å²) in [5.74, 6) is 1.57. The fraction of sp³-hybridized carbons (Fsp3) is 0.500. The second-order valence-corrected chi connectivity index (χ2v) is 6.77. The number of benzene rings is 1. The molecule has 7 heteroatoms. The summed E-state index contributed by atoms with van der Waals surface area (Å²) in [5.41, 5.74) is 0.936. The average Bonchev–Trinajstić information content (AvgIpc) is 3.25. The van der Waals surface area contributed by atoms with Gasteiger partial charge in [-0.05, 0) is 43.4 Å². The molecule has 0 heterocycles. The highest BCUT2D eigenvalue weighted by atomic mass is 32.2. The number of aliphatic imine (C=N–C) groups is 1. The van der Waals surface area contributed by atoms with Crippen LogP contribution in [0.1, 0.15) is 25.3 Å². The zero-order valence-corrected chi connectivity index (χ0v) is 13.0. The fourth-order valence-corrected chi connectivity index (χ4v) is 2.38. The Balaban J connectivity index is 1.95. The second kappa shape index (κ2) is 6.91. The van der Waals surface area contributed by atoms with E-state index in [1.165, 1.54) is 25.0 Å². The maximum absolute atomic E-state index is 11.2. The number of hydrogen-bond acceptors (Lipinski definition) is 3. The molecular weight excluding hydrogens is 288 g/mol. The molecule has 0 atom stereocenters. The van der Waals surface area contributed by atoms with Crippen LogP contribution in [-0.2, 0) is 16.6 Å². The van der Waals surface area contributed by atoms with Gasteiger partial charge in [0.25, 0.3) is 0 Å². The van der Waals surface area contributed by atoms with E-state index in [0.29, 0.717) is 6.54 Å². The van der Waals surface area contributed by atoms with Crippen molar-refractivity contribution in [3.8, 4) is 0 Å². The molecule has 1 saturated carbocycles. The van der Waals surface area contributed by atoms with Crippen molar-refractivity contribution in [2.45, 2.75) is 31.2 Å². The first-order valence-corrected chi connectivity index (χ1v) is 8.67. The van der Waals surface area contributed by atoms with Crippen LogP contribution in [0.25, 0.3) is 0 Å². The number of nitrogens with zero attached hydrogens (tertiary/aromatic N) is 1. The molecule has 0 aliphatic heterocycles. The standard InChI is InChI=1S/C14H22N4O2S/c1-2-16-14(17-9-11-3-4-11)18-10-12-5-7-13(8-6-12)21(15,19)20/h5-8,11H,2-4,9-10H2,1H3,(H2,15,19,20)(H2,16,17,18). The minimum absolute atomic E-state index is 0.119. The summed E-state index contributed by atoms with van der Waals surface area (Å²) in [5, 5.41) is 11.6. The fourth-order valence-electron chi connectivity index (χ4n) is 1.86. The molecular formula is C14H22N4O2S. The number of nitrogens with one attached hydrogen (secondary N) is 2. The van der Waals surface area contributed by atoms with Gasteiger partial charge in [0.15, 0.2) is 5.96 Å². The number of guanidine groups is 1. The van der Waals surface area contributed by atoms with Gasteiger partial charge < -0.3 is 10.6 Å². The van der Waals surface area contributed by atoms with E-state index in [9.17, 15) is 8.42 Å². The molecule has 0 radical (unpaired) electrons. The Morgan fingerprint density at radius 2 is 1.95 bits per heavy atom. The van der Waals surface area contributed by atoms with Gasteiger partial charge in [0.2, 0.25) is 10.0 Å². The minimum atomic E-state index is -3.63. The lowest BCUT2D eigenvalue weighted by Gasteiger charge is -2.10. The lowest BCUT2D eigenvalue weighted by atomic mass is 10.2. The van der Waals surface area contributed by atoms with E-state index in [4.69, 9.17) is 5.14 Å². The van der Waals surface area contributed by atoms with Crippen LogP contribution in [0.5, 0.6) is 0 Å². The number of nitrogens with two attached hydrogens (primary N) is 1. The molecule has 1 aliphatic rings. The van der Waals surface area contributed by atoms with Crippen molar-refractivity contribution in [3.05, 3.63) is 29.8 Å². The molecule has 1 aromatic rings. The second-order valence-electron chi connectivity index (χ2n) is 5.21. The van der Waals surface area contributed by atoms with Gasteiger partial charge >= 0.3 is 0 Å². The quantitative estimate of drug-likeness (QED) is 0.535. The van der Waals surface area contributed by atoms with Crippen LogP contribution in [0.2, 0.25) is 0 Å². The molecule has 0 unspecified atom stereocenters. The third-order valence-electron chi connectivity index (χ3n) is 3.27. The number of primary sulfonamides is 1. The van der Waals surface area contributed by atoms with Crippen LogP contribution in [-0.4, -0.2) is 27.5 Å². The van der Waals surface area contributed by atoms with Gasteiger partial charge in [-0.2, -0.15) is 0 Å². The van der Waals surface area contributed by atoms with Crippen molar-refractivity contribution >= 4 is 16.0 Å². The summed E-state index contributed by atoms with van der Waals surface area (Å²) in [6, 6.07) is 6.47. The van der Waals surface area contributed by atoms with E-state index < -0.39 is 10.0 Å². The highest BCUT2D eigenvalue weighted by molar-refractivity contribution is 7.89. The van der Waals surface area contributed by atoms with Crippen LogP contribution in [0, 0.1) is 5.92 Å². The molecule has 1 aliphatic carbocycles. The Kier molecular flexibility index (Phi) is 5.19. The molecule has 2 rings (SSSR count). The highest BCUT2D eigenvalue weighted by Gasteiger charge is 2.20. The van der Waals surface area contributed by atoms with Gasteiger partial charge in [0.05, 0.1) is 11.4 Å². The topological polar surface area (TPSA) is 96.6 Å². The maximum Gasteiger partial charge on any atom is 0.238 e. The molecule has 0 saturated heterocycles. The van der Waals surface area contributed by atoms with Crippen molar-refractivity contribution < 1.29 is 8.42 Å². The zero-order valence-electron chi connectivity index (χ0n) is 12.2. The van der Waals surface area contributed by atoms with Gasteiger partial charge in [-0.25, -0.2) is 18.5 Å². The third kappa shape index (κ3) is 5.35. The summed E-state index contributed by atoms with van der Waals surface area (Å²) in [6.07, 6.45) is 2.59. The third-order valence-corrected chi connectivity index (χ3v) is 4.20. The molecule has 0 aromatic heterocycles. The molecule has 116 valence electrons. The largest absolute Gasteiger partial charge is 0.357 e. The molecule has 1 aromatic carbocycles. The summed E-state index contributed by atoms with van der Waals surface area (Å²) in [7, 11) is -3.63. The smallest absolute Gasteiger partial charge is 0.238 e. The van der Waals surface area contributed by atoms with E-state index in [1.807, 2.05) is 6.92 Å². The van der Waals surface area contributed by atoms with Crippen LogP contribution in [0.15, 0.2) is 34.2 Å². The summed E-state index contributed by atoms with van der Waals surface area (Å²) in [6.45, 7) is 4.27. The van der Waals surface area contributed by atoms with E-state index in [1.54, 1.807) is 12.1 Å². The monoisotopic (exact) mass is 310 g/mol. The Morgan fingerprint density at radius 3 is 2.48 bits per heavy atom. The van der Waals surface area contributed by atoms with Gasteiger partial charge in [-0.1, -0.05) is 12.1 Å². The Morgan fingerprint density at radius 1 is 1.29 bits per heavy atom. The van der Waals surface area contributed by atoms with Crippen molar-refractivity contribution in [3.63, 3.8) is 0 Å². The summed E-state index contributed by atoms with van der Waals surface area (Å²) in [4.78, 5) is 4.61. The predicted molar refractivity (Wildman–Crippen MR) is 83.4 cm³/mol. The van der Waals surface area contributed by atoms with Crippen LogP contribution in [0.3, 0.4) is 0 Å². The van der Waals surface area contributed by atoms with E-state index in [2.05, 4.69) is 15.6 Å². The molecule has 0 spiro atoms. The van der Waals surface area contributed by atoms with Crippen LogP contribution >= 0.6 is 0 Å². The van der Waals surface area contributed by atoms with Gasteiger partial charge in [-0.3, -0.25) is 0 Å². The van der Waals surface area contributed by atoms with Gasteiger partial charge in [0, 0.05) is 13.1 Å². The van der Waals surface area contributed by atoms with Gasteiger partial charge in [-0.15, -0.1) is 0 Å². The average molecular weight is 310 g/mol. The molecule has 4 N–H and O–H groups in total. The Hall–Kier alpha value is -1.60. The minimum Gasteiger partial charge on any atom is -0.357 e. The van der Waals surface area contributed by atoms with Crippen LogP contribution in [0.4, 0.5) is 0 Å². The highest BCUT2D eigenvalue weighted by Crippen LogP contribution is 2.27. The molecule has 0 amide bonds. The van der Waals surface area contributed by atoms with E-state index in [-0.39, 0.29) is 4.90 Å². The molecule has 1 fully saturated rings. The first-order chi connectivity index (χ1) is 9.99. The lowest BCUT2D eigenvalue weighted by Crippen LogP contribution is -2.38. The number of rotatable bonds is 6. The Bertz CT molecular complexity index is 592. The van der Waals surface area contributed by atoms with Crippen molar-refractivity contribution in [1.82, 2.24) is 10.6 Å². The van der Waals surface area contributed by atoms with Crippen molar-refractivity contribution in [1.29, 1.82) is 0 Å². The number of hydrogen-bond donors (Lipinski definition) is 3. The molecule has 21 heavy (non-hydrogen) atoms.